The average Bonchev–Trinajstić information content (AvgIpc) is 2.90. The first-order valence-electron chi connectivity index (χ1n) is 6.77. The summed E-state index contributed by atoms with van der Waals surface area (Å²) in [4.78, 5) is 0. The van der Waals surface area contributed by atoms with Gasteiger partial charge in [0.05, 0.1) is 7.11 Å². The normalized spacial score (nSPS) is 13.1. The third kappa shape index (κ3) is 2.17. The van der Waals surface area contributed by atoms with Gasteiger partial charge in [0.15, 0.2) is 0 Å². The first-order valence-corrected chi connectivity index (χ1v) is 6.77. The van der Waals surface area contributed by atoms with Gasteiger partial charge in [-0.2, -0.15) is 0 Å². The van der Waals surface area contributed by atoms with Crippen LogP contribution in [-0.2, 0) is 6.42 Å². The van der Waals surface area contributed by atoms with Crippen LogP contribution in [0.3, 0.4) is 0 Å². The van der Waals surface area contributed by atoms with E-state index in [0.29, 0.717) is 0 Å². The van der Waals surface area contributed by atoms with Crippen LogP contribution in [0.2, 0.25) is 0 Å². The quantitative estimate of drug-likeness (QED) is 0.766. The van der Waals surface area contributed by atoms with Gasteiger partial charge in [0.2, 0.25) is 0 Å². The Bertz CT molecular complexity index is 621. The van der Waals surface area contributed by atoms with Crippen molar-refractivity contribution in [1.82, 2.24) is 0 Å². The first-order chi connectivity index (χ1) is 9.31. The second kappa shape index (κ2) is 4.93. The molecular weight excluding hydrogens is 232 g/mol. The van der Waals surface area contributed by atoms with Gasteiger partial charge in [0.25, 0.3) is 0 Å². The summed E-state index contributed by atoms with van der Waals surface area (Å²) in [5, 5.41) is 0. The van der Waals surface area contributed by atoms with Gasteiger partial charge in [-0.25, -0.2) is 0 Å². The van der Waals surface area contributed by atoms with Crippen molar-refractivity contribution in [2.24, 2.45) is 0 Å². The Kier molecular flexibility index (Phi) is 3.12. The van der Waals surface area contributed by atoms with Gasteiger partial charge in [0.1, 0.15) is 5.75 Å². The third-order valence-electron chi connectivity index (χ3n) is 3.82. The molecule has 0 aromatic heterocycles. The molecule has 0 saturated carbocycles. The maximum Gasteiger partial charge on any atom is 0.118 e. The molecule has 1 nitrogen and oxygen atoms in total. The minimum atomic E-state index is 0.904. The van der Waals surface area contributed by atoms with E-state index in [0.717, 1.165) is 18.6 Å². The molecule has 2 aromatic carbocycles. The van der Waals surface area contributed by atoms with E-state index in [9.17, 15) is 0 Å². The first kappa shape index (κ1) is 12.0. The number of ether oxygens (including phenoxy) is 1. The van der Waals surface area contributed by atoms with Gasteiger partial charge in [-0.1, -0.05) is 48.9 Å². The predicted octanol–water partition coefficient (Wildman–Crippen LogP) is 4.71. The van der Waals surface area contributed by atoms with Gasteiger partial charge >= 0.3 is 0 Å². The van der Waals surface area contributed by atoms with E-state index in [1.54, 1.807) is 7.11 Å². The number of fused-ring (bicyclic) bond motifs is 1. The van der Waals surface area contributed by atoms with Gasteiger partial charge in [-0.15, -0.1) is 0 Å². The second-order valence-electron chi connectivity index (χ2n) is 4.94. The number of hydrogen-bond donors (Lipinski definition) is 0. The molecular formula is C18H18O. The van der Waals surface area contributed by atoms with Crippen molar-refractivity contribution in [3.63, 3.8) is 0 Å². The number of benzene rings is 2. The summed E-state index contributed by atoms with van der Waals surface area (Å²) in [7, 11) is 1.70. The van der Waals surface area contributed by atoms with Crippen molar-refractivity contribution >= 4 is 6.08 Å². The average molecular weight is 250 g/mol. The summed E-state index contributed by atoms with van der Waals surface area (Å²) >= 11 is 0. The largest absolute Gasteiger partial charge is 0.497 e. The van der Waals surface area contributed by atoms with Crippen molar-refractivity contribution in [1.29, 1.82) is 0 Å². The van der Waals surface area contributed by atoms with Crippen LogP contribution in [0.15, 0.2) is 48.0 Å². The number of rotatable bonds is 3. The Morgan fingerprint density at radius 1 is 1.05 bits per heavy atom. The fraction of sp³-hybridized carbons (Fsp3) is 0.222. The molecule has 1 aliphatic carbocycles. The van der Waals surface area contributed by atoms with Gasteiger partial charge in [0, 0.05) is 0 Å². The maximum absolute atomic E-state index is 5.22. The number of allylic oxidation sites excluding steroid dienone is 1. The van der Waals surface area contributed by atoms with Crippen molar-refractivity contribution in [2.75, 3.05) is 7.11 Å². The van der Waals surface area contributed by atoms with E-state index in [4.69, 9.17) is 4.74 Å². The highest BCUT2D eigenvalue weighted by molar-refractivity contribution is 5.80. The van der Waals surface area contributed by atoms with Crippen LogP contribution in [0.4, 0.5) is 0 Å². The monoisotopic (exact) mass is 250 g/mol. The molecule has 2 aromatic rings. The highest BCUT2D eigenvalue weighted by Crippen LogP contribution is 2.35. The van der Waals surface area contributed by atoms with Crippen LogP contribution < -0.4 is 4.74 Å². The van der Waals surface area contributed by atoms with Crippen LogP contribution in [0.25, 0.3) is 17.2 Å². The molecule has 19 heavy (non-hydrogen) atoms. The summed E-state index contributed by atoms with van der Waals surface area (Å²) < 4.78 is 5.22. The van der Waals surface area contributed by atoms with Crippen LogP contribution in [0.1, 0.15) is 24.5 Å². The van der Waals surface area contributed by atoms with E-state index in [1.165, 1.54) is 27.8 Å². The third-order valence-corrected chi connectivity index (χ3v) is 3.82. The Morgan fingerprint density at radius 2 is 1.84 bits per heavy atom. The summed E-state index contributed by atoms with van der Waals surface area (Å²) in [6.45, 7) is 2.23. The van der Waals surface area contributed by atoms with Crippen LogP contribution in [0.5, 0.6) is 5.75 Å². The zero-order valence-corrected chi connectivity index (χ0v) is 11.4. The Labute approximate surface area is 114 Å². The molecule has 0 bridgehead atoms. The molecule has 0 fully saturated rings. The standard InChI is InChI=1S/C18H18O/c1-3-13-11-15-5-4-6-17(18(15)12-13)14-7-9-16(19-2)10-8-14/h4-10,12H,3,11H2,1-2H3. The number of hydrogen-bond acceptors (Lipinski definition) is 1. The topological polar surface area (TPSA) is 9.23 Å². The number of methoxy groups -OCH3 is 1. The fourth-order valence-corrected chi connectivity index (χ4v) is 2.69. The summed E-state index contributed by atoms with van der Waals surface area (Å²) in [6.07, 6.45) is 4.60. The van der Waals surface area contributed by atoms with Crippen molar-refractivity contribution in [3.8, 4) is 16.9 Å². The minimum Gasteiger partial charge on any atom is -0.497 e. The lowest BCUT2D eigenvalue weighted by atomic mass is 9.97. The SMILES string of the molecule is CCC1=Cc2c(cccc2-c2ccc(OC)cc2)C1. The Hall–Kier alpha value is -2.02. The molecule has 0 aliphatic heterocycles. The summed E-state index contributed by atoms with van der Waals surface area (Å²) in [5.41, 5.74) is 6.94. The molecule has 96 valence electrons. The van der Waals surface area contributed by atoms with E-state index >= 15 is 0 Å². The Balaban J connectivity index is 2.06. The predicted molar refractivity (Wildman–Crippen MR) is 80.4 cm³/mol. The van der Waals surface area contributed by atoms with E-state index in [1.807, 2.05) is 12.1 Å². The van der Waals surface area contributed by atoms with E-state index in [2.05, 4.69) is 43.3 Å². The second-order valence-corrected chi connectivity index (χ2v) is 4.94. The van der Waals surface area contributed by atoms with E-state index in [-0.39, 0.29) is 0 Å². The molecule has 0 radical (unpaired) electrons. The zero-order valence-electron chi connectivity index (χ0n) is 11.4. The fourth-order valence-electron chi connectivity index (χ4n) is 2.69. The molecule has 0 N–H and O–H groups in total. The smallest absolute Gasteiger partial charge is 0.118 e. The van der Waals surface area contributed by atoms with Crippen LogP contribution in [0, 0.1) is 0 Å². The lowest BCUT2D eigenvalue weighted by Crippen LogP contribution is -1.88. The zero-order chi connectivity index (χ0) is 13.2. The van der Waals surface area contributed by atoms with E-state index < -0.39 is 0 Å². The van der Waals surface area contributed by atoms with Crippen molar-refractivity contribution < 1.29 is 4.74 Å². The van der Waals surface area contributed by atoms with Crippen molar-refractivity contribution in [3.05, 3.63) is 59.2 Å². The Morgan fingerprint density at radius 3 is 2.53 bits per heavy atom. The molecule has 0 amide bonds. The van der Waals surface area contributed by atoms with Crippen LogP contribution in [-0.4, -0.2) is 7.11 Å². The molecule has 1 aliphatic rings. The molecule has 1 heteroatoms. The molecule has 0 atom stereocenters. The molecule has 0 saturated heterocycles. The lowest BCUT2D eigenvalue weighted by Gasteiger charge is -2.08. The molecule has 0 unspecified atom stereocenters. The molecule has 0 spiro atoms. The summed E-state index contributed by atoms with van der Waals surface area (Å²) in [5.74, 6) is 0.904. The highest BCUT2D eigenvalue weighted by Gasteiger charge is 2.15. The summed E-state index contributed by atoms with van der Waals surface area (Å²) in [6, 6.07) is 14.9. The lowest BCUT2D eigenvalue weighted by molar-refractivity contribution is 0.415. The van der Waals surface area contributed by atoms with Crippen LogP contribution >= 0.6 is 0 Å². The van der Waals surface area contributed by atoms with Gasteiger partial charge in [-0.05, 0) is 47.2 Å². The maximum atomic E-state index is 5.22. The highest BCUT2D eigenvalue weighted by atomic mass is 16.5. The van der Waals surface area contributed by atoms with Crippen molar-refractivity contribution in [2.45, 2.75) is 19.8 Å². The van der Waals surface area contributed by atoms with Gasteiger partial charge < -0.3 is 4.74 Å². The minimum absolute atomic E-state index is 0.904. The molecule has 3 rings (SSSR count). The molecule has 0 heterocycles. The van der Waals surface area contributed by atoms with Gasteiger partial charge in [-0.3, -0.25) is 0 Å².